The Balaban J connectivity index is 1.67. The Morgan fingerprint density at radius 3 is 2.45 bits per heavy atom. The van der Waals surface area contributed by atoms with E-state index in [4.69, 9.17) is 0 Å². The van der Waals surface area contributed by atoms with E-state index in [0.29, 0.717) is 24.3 Å². The van der Waals surface area contributed by atoms with Gasteiger partial charge >= 0.3 is 0 Å². The first kappa shape index (κ1) is 22.1. The van der Waals surface area contributed by atoms with Crippen molar-refractivity contribution >= 4 is 43.5 Å². The van der Waals surface area contributed by atoms with Crippen LogP contribution in [-0.2, 0) is 27.7 Å². The molecule has 3 N–H and O–H groups in total. The number of nitrogens with zero attached hydrogens (tertiary/aromatic N) is 1. The molecule has 0 spiro atoms. The van der Waals surface area contributed by atoms with Gasteiger partial charge in [-0.25, -0.2) is 8.42 Å². The maximum atomic E-state index is 12.7. The van der Waals surface area contributed by atoms with Crippen molar-refractivity contribution in [3.8, 4) is 0 Å². The quantitative estimate of drug-likeness (QED) is 0.587. The van der Waals surface area contributed by atoms with Gasteiger partial charge in [0.25, 0.3) is 10.0 Å². The average Bonchev–Trinajstić information content (AvgIpc) is 3.08. The van der Waals surface area contributed by atoms with E-state index in [1.165, 1.54) is 11.3 Å². The Kier molecular flexibility index (Phi) is 6.90. The minimum absolute atomic E-state index is 0.0655. The minimum atomic E-state index is -3.74. The molecule has 2 aromatic rings. The number of amides is 1. The van der Waals surface area contributed by atoms with Crippen LogP contribution in [0.3, 0.4) is 0 Å². The number of hydrogen-bond donors (Lipinski definition) is 3. The number of thiophene rings is 1. The van der Waals surface area contributed by atoms with Crippen molar-refractivity contribution in [1.82, 2.24) is 4.90 Å². The highest BCUT2D eigenvalue weighted by Gasteiger charge is 2.26. The van der Waals surface area contributed by atoms with Crippen molar-refractivity contribution in [3.05, 3.63) is 46.2 Å². The van der Waals surface area contributed by atoms with Gasteiger partial charge in [0.15, 0.2) is 0 Å². The zero-order valence-corrected chi connectivity index (χ0v) is 18.7. The zero-order chi connectivity index (χ0) is 21.1. The molecule has 1 aliphatic rings. The van der Waals surface area contributed by atoms with E-state index in [1.54, 1.807) is 27.8 Å². The number of sulfonamides is 1. The van der Waals surface area contributed by atoms with Crippen LogP contribution in [0.5, 0.6) is 0 Å². The van der Waals surface area contributed by atoms with Crippen LogP contribution in [0.25, 0.3) is 0 Å². The van der Waals surface area contributed by atoms with Gasteiger partial charge in [-0.2, -0.15) is 10.6 Å². The third kappa shape index (κ3) is 5.73. The Hall–Kier alpha value is -1.59. The first-order valence-corrected chi connectivity index (χ1v) is 13.7. The Morgan fingerprint density at radius 1 is 1.17 bits per heavy atom. The van der Waals surface area contributed by atoms with Gasteiger partial charge in [0.2, 0.25) is 5.91 Å². The molecule has 0 radical (unpaired) electrons. The monoisotopic (exact) mass is 458 g/mol. The molecule has 1 amide bonds. The van der Waals surface area contributed by atoms with Crippen molar-refractivity contribution < 1.29 is 22.3 Å². The highest BCUT2D eigenvalue weighted by molar-refractivity contribution is 8.24. The topological polar surface area (TPSA) is 107 Å². The van der Waals surface area contributed by atoms with Crippen LogP contribution in [0.2, 0.25) is 0 Å². The number of nitrogens with one attached hydrogen (secondary N) is 1. The summed E-state index contributed by atoms with van der Waals surface area (Å²) in [7, 11) is -6.31. The normalized spacial score (nSPS) is 17.7. The van der Waals surface area contributed by atoms with Gasteiger partial charge in [-0.15, -0.1) is 11.3 Å². The van der Waals surface area contributed by atoms with Gasteiger partial charge < -0.3 is 4.90 Å². The molecule has 0 bridgehead atoms. The summed E-state index contributed by atoms with van der Waals surface area (Å²) in [5, 5.41) is 3.44. The van der Waals surface area contributed by atoms with Crippen molar-refractivity contribution in [2.24, 2.45) is 0 Å². The molecule has 2 heterocycles. The van der Waals surface area contributed by atoms with E-state index in [0.717, 1.165) is 18.4 Å². The molecule has 3 rings (SSSR count). The molecule has 1 saturated heterocycles. The maximum Gasteiger partial charge on any atom is 0.261 e. The van der Waals surface area contributed by atoms with Crippen LogP contribution >= 0.6 is 21.9 Å². The number of carbonyl (C=O) groups is 1. The second-order valence-corrected chi connectivity index (χ2v) is 11.9. The molecule has 0 unspecified atom stereocenters. The lowest BCUT2D eigenvalue weighted by Gasteiger charge is -2.41. The number of hydrogen-bond acceptors (Lipinski definition) is 6. The summed E-state index contributed by atoms with van der Waals surface area (Å²) in [4.78, 5) is 14.3. The first-order chi connectivity index (χ1) is 13.7. The molecule has 29 heavy (non-hydrogen) atoms. The summed E-state index contributed by atoms with van der Waals surface area (Å²) in [6, 6.07) is 6.82. The van der Waals surface area contributed by atoms with Gasteiger partial charge in [-0.3, -0.25) is 18.6 Å². The molecule has 0 aliphatic carbocycles. The lowest BCUT2D eigenvalue weighted by molar-refractivity contribution is -0.130. The molecular weight excluding hydrogens is 432 g/mol. The fraction of sp³-hybridized carbons (Fsp3) is 0.421. The van der Waals surface area contributed by atoms with Gasteiger partial charge in [-0.05, 0) is 35.1 Å². The maximum absolute atomic E-state index is 12.7. The molecule has 7 nitrogen and oxygen atoms in total. The van der Waals surface area contributed by atoms with Crippen molar-refractivity contribution in [1.29, 1.82) is 0 Å². The van der Waals surface area contributed by atoms with Crippen LogP contribution in [-0.4, -0.2) is 52.9 Å². The molecule has 1 fully saturated rings. The van der Waals surface area contributed by atoms with Crippen molar-refractivity contribution in [3.63, 3.8) is 0 Å². The second kappa shape index (κ2) is 9.05. The van der Waals surface area contributed by atoms with E-state index in [9.17, 15) is 22.3 Å². The van der Waals surface area contributed by atoms with Crippen LogP contribution in [0.15, 0.2) is 39.9 Å². The number of benzene rings is 1. The van der Waals surface area contributed by atoms with E-state index in [2.05, 4.69) is 11.6 Å². The van der Waals surface area contributed by atoms with Crippen LogP contribution in [0.4, 0.5) is 5.69 Å². The Bertz CT molecular complexity index is 944. The van der Waals surface area contributed by atoms with Crippen LogP contribution < -0.4 is 4.72 Å². The fourth-order valence-corrected chi connectivity index (χ4v) is 6.31. The van der Waals surface area contributed by atoms with E-state index >= 15 is 0 Å². The second-order valence-electron chi connectivity index (χ2n) is 7.08. The summed E-state index contributed by atoms with van der Waals surface area (Å²) >= 11 is 1.33. The average molecular weight is 459 g/mol. The van der Waals surface area contributed by atoms with Crippen molar-refractivity contribution in [2.45, 2.75) is 31.1 Å². The van der Waals surface area contributed by atoms with Gasteiger partial charge in [0.05, 0.1) is 28.5 Å². The number of rotatable bonds is 7. The third-order valence-electron chi connectivity index (χ3n) is 4.83. The standard InChI is InChI=1S/C19H26N2O5S3/c1-2-3-15-4-6-17(7-5-15)29(25,26)20-18-14-27-13-16(18)12-19(22)21-8-10-28(23,24)11-9-21/h4-7,13-14,20,23-24H,2-3,8-12H2,1H3. The van der Waals surface area contributed by atoms with Crippen molar-refractivity contribution in [2.75, 3.05) is 29.3 Å². The zero-order valence-electron chi connectivity index (χ0n) is 16.2. The van der Waals surface area contributed by atoms with Gasteiger partial charge in [-0.1, -0.05) is 25.5 Å². The smallest absolute Gasteiger partial charge is 0.261 e. The van der Waals surface area contributed by atoms with E-state index < -0.39 is 20.6 Å². The largest absolute Gasteiger partial charge is 0.339 e. The lowest BCUT2D eigenvalue weighted by Crippen LogP contribution is -2.42. The molecule has 0 saturated carbocycles. The summed E-state index contributed by atoms with van der Waals surface area (Å²) in [5.74, 6) is 0.230. The van der Waals surface area contributed by atoms with Gasteiger partial charge in [0, 0.05) is 18.5 Å². The SMILES string of the molecule is CCCc1ccc(S(=O)(=O)Nc2cscc2CC(=O)N2CCS(O)(O)CC2)cc1. The summed E-state index contributed by atoms with van der Waals surface area (Å²) in [5.41, 5.74) is 2.11. The first-order valence-electron chi connectivity index (χ1n) is 9.38. The number of aryl methyl sites for hydroxylation is 1. The Labute approximate surface area is 177 Å². The van der Waals surface area contributed by atoms with E-state index in [1.807, 2.05) is 12.1 Å². The lowest BCUT2D eigenvalue weighted by atomic mass is 10.1. The molecule has 1 aromatic heterocycles. The highest BCUT2D eigenvalue weighted by Crippen LogP contribution is 2.40. The highest BCUT2D eigenvalue weighted by atomic mass is 32.3. The molecule has 1 aliphatic heterocycles. The molecular formula is C19H26N2O5S3. The van der Waals surface area contributed by atoms with Crippen LogP contribution in [0.1, 0.15) is 24.5 Å². The predicted octanol–water partition coefficient (Wildman–Crippen LogP) is 3.64. The molecule has 10 heteroatoms. The summed E-state index contributed by atoms with van der Waals surface area (Å²) in [6.45, 7) is 2.67. The third-order valence-corrected chi connectivity index (χ3v) is 8.68. The molecule has 160 valence electrons. The minimum Gasteiger partial charge on any atom is -0.339 e. The van der Waals surface area contributed by atoms with Gasteiger partial charge in [0.1, 0.15) is 0 Å². The molecule has 1 aromatic carbocycles. The van der Waals surface area contributed by atoms with Crippen LogP contribution in [0, 0.1) is 0 Å². The number of carbonyl (C=O) groups excluding carboxylic acids is 1. The fourth-order valence-electron chi connectivity index (χ4n) is 3.13. The Morgan fingerprint density at radius 2 is 1.83 bits per heavy atom. The number of anilines is 1. The van der Waals surface area contributed by atoms with E-state index in [-0.39, 0.29) is 28.7 Å². The summed E-state index contributed by atoms with van der Waals surface area (Å²) in [6.07, 6.45) is 1.96. The predicted molar refractivity (Wildman–Crippen MR) is 118 cm³/mol. The summed E-state index contributed by atoms with van der Waals surface area (Å²) < 4.78 is 47.4. The molecule has 0 atom stereocenters.